The summed E-state index contributed by atoms with van der Waals surface area (Å²) in [6, 6.07) is 0. The highest BCUT2D eigenvalue weighted by Crippen LogP contribution is 2.12. The van der Waals surface area contributed by atoms with Crippen molar-refractivity contribution in [2.24, 2.45) is 0 Å². The van der Waals surface area contributed by atoms with Crippen molar-refractivity contribution in [2.45, 2.75) is 33.4 Å². The van der Waals surface area contributed by atoms with Gasteiger partial charge in [0.1, 0.15) is 11.3 Å². The Morgan fingerprint density at radius 2 is 2.38 bits per heavy atom. The van der Waals surface area contributed by atoms with Gasteiger partial charge in [-0.1, -0.05) is 13.3 Å². The molecule has 3 nitrogen and oxygen atoms in total. The molecule has 13 heavy (non-hydrogen) atoms. The minimum Gasteiger partial charge on any atom is -0.361 e. The van der Waals surface area contributed by atoms with Gasteiger partial charge in [0, 0.05) is 6.61 Å². The first-order valence-corrected chi connectivity index (χ1v) is 5.30. The van der Waals surface area contributed by atoms with E-state index in [0.29, 0.717) is 6.73 Å². The first-order chi connectivity index (χ1) is 6.25. The van der Waals surface area contributed by atoms with E-state index in [2.05, 4.69) is 27.8 Å². The summed E-state index contributed by atoms with van der Waals surface area (Å²) in [6.07, 6.45) is 4.08. The van der Waals surface area contributed by atoms with Crippen LogP contribution in [0.25, 0.3) is 0 Å². The third-order valence-corrected chi connectivity index (χ3v) is 2.69. The van der Waals surface area contributed by atoms with Crippen LogP contribution in [0.4, 0.5) is 0 Å². The second-order valence-electron chi connectivity index (χ2n) is 2.98. The smallest absolute Gasteiger partial charge is 0.127 e. The van der Waals surface area contributed by atoms with Crippen LogP contribution in [-0.4, -0.2) is 16.2 Å². The fraction of sp³-hybridized carbons (Fsp3) is 0.667. The third kappa shape index (κ3) is 3.12. The fourth-order valence-corrected chi connectivity index (χ4v) is 1.28. The van der Waals surface area contributed by atoms with E-state index in [1.165, 1.54) is 6.42 Å². The molecule has 0 amide bonds. The minimum atomic E-state index is 0.602. The van der Waals surface area contributed by atoms with Crippen LogP contribution >= 0.6 is 15.9 Å². The summed E-state index contributed by atoms with van der Waals surface area (Å²) in [5.41, 5.74) is 1.11. The van der Waals surface area contributed by atoms with Crippen LogP contribution < -0.4 is 0 Å². The van der Waals surface area contributed by atoms with Gasteiger partial charge in [0.05, 0.1) is 12.0 Å². The Labute approximate surface area is 87.2 Å². The highest BCUT2D eigenvalue weighted by atomic mass is 79.9. The zero-order chi connectivity index (χ0) is 9.68. The molecule has 1 heterocycles. The minimum absolute atomic E-state index is 0.602. The summed E-state index contributed by atoms with van der Waals surface area (Å²) < 4.78 is 8.34. The summed E-state index contributed by atoms with van der Waals surface area (Å²) in [5, 5.41) is 0. The van der Waals surface area contributed by atoms with Crippen molar-refractivity contribution in [3.63, 3.8) is 0 Å². The quantitative estimate of drug-likeness (QED) is 0.748. The first-order valence-electron chi connectivity index (χ1n) is 4.50. The molecule has 0 saturated carbocycles. The zero-order valence-corrected chi connectivity index (χ0v) is 9.67. The molecule has 0 N–H and O–H groups in total. The number of ether oxygens (including phenoxy) is 1. The van der Waals surface area contributed by atoms with Crippen molar-refractivity contribution in [1.82, 2.24) is 9.55 Å². The van der Waals surface area contributed by atoms with E-state index < -0.39 is 0 Å². The summed E-state index contributed by atoms with van der Waals surface area (Å²) in [7, 11) is 0. The molecule has 74 valence electrons. The summed E-state index contributed by atoms with van der Waals surface area (Å²) in [6.45, 7) is 5.60. The Kier molecular flexibility index (Phi) is 4.45. The normalized spacial score (nSPS) is 10.7. The van der Waals surface area contributed by atoms with Crippen molar-refractivity contribution in [3.8, 4) is 0 Å². The fourth-order valence-electron chi connectivity index (χ4n) is 0.958. The van der Waals surface area contributed by atoms with Gasteiger partial charge in [-0.15, -0.1) is 0 Å². The second-order valence-corrected chi connectivity index (χ2v) is 3.73. The largest absolute Gasteiger partial charge is 0.361 e. The highest BCUT2D eigenvalue weighted by molar-refractivity contribution is 9.10. The average Bonchev–Trinajstić information content (AvgIpc) is 2.43. The van der Waals surface area contributed by atoms with Crippen LogP contribution in [0.2, 0.25) is 0 Å². The molecule has 0 unspecified atom stereocenters. The molecule has 0 fully saturated rings. The number of unbranched alkanes of at least 4 members (excludes halogenated alkanes) is 1. The Morgan fingerprint density at radius 3 is 2.92 bits per heavy atom. The van der Waals surface area contributed by atoms with Crippen molar-refractivity contribution < 1.29 is 4.74 Å². The Balaban J connectivity index is 2.32. The van der Waals surface area contributed by atoms with E-state index in [-0.39, 0.29) is 0 Å². The summed E-state index contributed by atoms with van der Waals surface area (Å²) >= 11 is 3.35. The average molecular weight is 247 g/mol. The molecule has 0 radical (unpaired) electrons. The Bertz CT molecular complexity index is 260. The number of imidazole rings is 1. The van der Waals surface area contributed by atoms with E-state index in [0.717, 1.165) is 23.3 Å². The van der Waals surface area contributed by atoms with E-state index >= 15 is 0 Å². The summed E-state index contributed by atoms with van der Waals surface area (Å²) in [4.78, 5) is 4.11. The van der Waals surface area contributed by atoms with Crippen LogP contribution in [0.15, 0.2) is 10.9 Å². The lowest BCUT2D eigenvalue weighted by molar-refractivity contribution is 0.0736. The van der Waals surface area contributed by atoms with Crippen LogP contribution in [0.1, 0.15) is 25.5 Å². The van der Waals surface area contributed by atoms with Gasteiger partial charge in [-0.2, -0.15) is 0 Å². The lowest BCUT2D eigenvalue weighted by Crippen LogP contribution is -2.03. The van der Waals surface area contributed by atoms with E-state index in [9.17, 15) is 0 Å². The number of aromatic nitrogens is 2. The van der Waals surface area contributed by atoms with Gasteiger partial charge < -0.3 is 9.30 Å². The van der Waals surface area contributed by atoms with Crippen molar-refractivity contribution in [2.75, 3.05) is 6.61 Å². The molecule has 0 aliphatic rings. The lowest BCUT2D eigenvalue weighted by atomic mass is 10.4. The van der Waals surface area contributed by atoms with Crippen molar-refractivity contribution in [3.05, 3.63) is 16.6 Å². The lowest BCUT2D eigenvalue weighted by Gasteiger charge is -2.05. The predicted octanol–water partition coefficient (Wildman–Crippen LogP) is 2.73. The van der Waals surface area contributed by atoms with E-state index in [4.69, 9.17) is 4.74 Å². The van der Waals surface area contributed by atoms with Crippen molar-refractivity contribution >= 4 is 15.9 Å². The van der Waals surface area contributed by atoms with Gasteiger partial charge in [0.25, 0.3) is 0 Å². The molecule has 0 aromatic carbocycles. The molecule has 0 aliphatic heterocycles. The van der Waals surface area contributed by atoms with Crippen LogP contribution in [0.5, 0.6) is 0 Å². The maximum atomic E-state index is 5.46. The van der Waals surface area contributed by atoms with Gasteiger partial charge in [0.2, 0.25) is 0 Å². The maximum Gasteiger partial charge on any atom is 0.127 e. The monoisotopic (exact) mass is 246 g/mol. The van der Waals surface area contributed by atoms with Crippen LogP contribution in [0, 0.1) is 6.92 Å². The number of hydrogen-bond acceptors (Lipinski definition) is 2. The Morgan fingerprint density at radius 1 is 1.62 bits per heavy atom. The topological polar surface area (TPSA) is 27.1 Å². The zero-order valence-electron chi connectivity index (χ0n) is 8.09. The molecule has 0 atom stereocenters. The molecule has 1 aromatic heterocycles. The predicted molar refractivity (Wildman–Crippen MR) is 55.5 cm³/mol. The van der Waals surface area contributed by atoms with E-state index in [1.54, 1.807) is 6.33 Å². The standard InChI is InChI=1S/C9H15BrN2O/c1-3-4-5-13-7-12-6-11-9(10)8(12)2/h6H,3-5,7H2,1-2H3. The molecule has 1 aromatic rings. The number of nitrogens with zero attached hydrogens (tertiary/aromatic N) is 2. The molecule has 4 heteroatoms. The third-order valence-electron chi connectivity index (χ3n) is 1.91. The van der Waals surface area contributed by atoms with Gasteiger partial charge in [-0.05, 0) is 29.3 Å². The number of rotatable bonds is 5. The van der Waals surface area contributed by atoms with Crippen molar-refractivity contribution in [1.29, 1.82) is 0 Å². The molecule has 0 spiro atoms. The highest BCUT2D eigenvalue weighted by Gasteiger charge is 2.01. The first kappa shape index (κ1) is 10.7. The SMILES string of the molecule is CCCCOCn1cnc(Br)c1C. The van der Waals surface area contributed by atoms with E-state index in [1.807, 2.05) is 11.5 Å². The van der Waals surface area contributed by atoms with Gasteiger partial charge in [0.15, 0.2) is 0 Å². The molecule has 0 saturated heterocycles. The maximum absolute atomic E-state index is 5.46. The van der Waals surface area contributed by atoms with Gasteiger partial charge >= 0.3 is 0 Å². The number of halogens is 1. The molecule has 1 rings (SSSR count). The molecule has 0 bridgehead atoms. The van der Waals surface area contributed by atoms with Crippen LogP contribution in [-0.2, 0) is 11.5 Å². The molecular weight excluding hydrogens is 232 g/mol. The van der Waals surface area contributed by atoms with Gasteiger partial charge in [-0.25, -0.2) is 4.98 Å². The second kappa shape index (κ2) is 5.40. The van der Waals surface area contributed by atoms with Crippen LogP contribution in [0.3, 0.4) is 0 Å². The van der Waals surface area contributed by atoms with Gasteiger partial charge in [-0.3, -0.25) is 0 Å². The molecular formula is C9H15BrN2O. The molecule has 0 aliphatic carbocycles. The number of hydrogen-bond donors (Lipinski definition) is 0. The summed E-state index contributed by atoms with van der Waals surface area (Å²) in [5.74, 6) is 0. The Hall–Kier alpha value is -0.350.